The molecule has 0 aliphatic carbocycles. The van der Waals surface area contributed by atoms with E-state index in [2.05, 4.69) is 21.8 Å². The van der Waals surface area contributed by atoms with Crippen molar-refractivity contribution in [3.63, 3.8) is 0 Å². The highest BCUT2D eigenvalue weighted by Crippen LogP contribution is 2.16. The Morgan fingerprint density at radius 3 is 2.94 bits per heavy atom. The second-order valence-corrected chi connectivity index (χ2v) is 4.88. The summed E-state index contributed by atoms with van der Waals surface area (Å²) in [5, 5.41) is 0.442. The van der Waals surface area contributed by atoms with Crippen molar-refractivity contribution < 1.29 is 0 Å². The average Bonchev–Trinajstić information content (AvgIpc) is 2.27. The monoisotopic (exact) mass is 240 g/mol. The Kier molecular flexibility index (Phi) is 3.74. The molecule has 2 atom stereocenters. The zero-order valence-corrected chi connectivity index (χ0v) is 10.2. The zero-order valence-electron chi connectivity index (χ0n) is 9.43. The van der Waals surface area contributed by atoms with Gasteiger partial charge in [-0.05, 0) is 12.3 Å². The first kappa shape index (κ1) is 11.8. The number of likely N-dealkylation sites (tertiary alicyclic amines) is 1. The van der Waals surface area contributed by atoms with Crippen molar-refractivity contribution in [1.29, 1.82) is 0 Å². The van der Waals surface area contributed by atoms with Crippen LogP contribution in [0.4, 0.5) is 0 Å². The Balaban J connectivity index is 1.93. The lowest BCUT2D eigenvalue weighted by Gasteiger charge is -2.34. The highest BCUT2D eigenvalue weighted by atomic mass is 35.5. The van der Waals surface area contributed by atoms with Gasteiger partial charge in [-0.2, -0.15) is 0 Å². The van der Waals surface area contributed by atoms with Gasteiger partial charge in [0.1, 0.15) is 5.15 Å². The first-order chi connectivity index (χ1) is 7.65. The smallest absolute Gasteiger partial charge is 0.147 e. The first-order valence-electron chi connectivity index (χ1n) is 5.59. The van der Waals surface area contributed by atoms with E-state index in [9.17, 15) is 0 Å². The molecule has 1 saturated heterocycles. The quantitative estimate of drug-likeness (QED) is 0.847. The maximum absolute atomic E-state index is 5.98. The van der Waals surface area contributed by atoms with Crippen LogP contribution < -0.4 is 5.73 Å². The van der Waals surface area contributed by atoms with Crippen molar-refractivity contribution in [2.24, 2.45) is 11.7 Å². The molecule has 88 valence electrons. The van der Waals surface area contributed by atoms with Crippen LogP contribution in [0.15, 0.2) is 12.4 Å². The SMILES string of the molecule is CC1CN(Cc2cnc(Cl)cn2)CCC1N. The molecule has 0 amide bonds. The fourth-order valence-corrected chi connectivity index (χ4v) is 2.14. The van der Waals surface area contributed by atoms with E-state index >= 15 is 0 Å². The summed E-state index contributed by atoms with van der Waals surface area (Å²) >= 11 is 5.69. The molecule has 1 aliphatic heterocycles. The maximum Gasteiger partial charge on any atom is 0.147 e. The van der Waals surface area contributed by atoms with Gasteiger partial charge in [0.15, 0.2) is 0 Å². The van der Waals surface area contributed by atoms with Crippen LogP contribution in [0.1, 0.15) is 19.0 Å². The molecule has 4 nitrogen and oxygen atoms in total. The minimum Gasteiger partial charge on any atom is -0.327 e. The topological polar surface area (TPSA) is 55.0 Å². The molecule has 2 rings (SSSR count). The van der Waals surface area contributed by atoms with Crippen molar-refractivity contribution in [2.75, 3.05) is 13.1 Å². The molecule has 2 N–H and O–H groups in total. The standard InChI is InChI=1S/C11H17ClN4/c1-8-6-16(3-2-10(8)13)7-9-4-15-11(12)5-14-9/h4-5,8,10H,2-3,6-7,13H2,1H3. The van der Waals surface area contributed by atoms with Gasteiger partial charge in [-0.25, -0.2) is 4.98 Å². The summed E-state index contributed by atoms with van der Waals surface area (Å²) in [6, 6.07) is 0.340. The normalized spacial score (nSPS) is 26.9. The molecule has 16 heavy (non-hydrogen) atoms. The second kappa shape index (κ2) is 5.08. The zero-order chi connectivity index (χ0) is 11.5. The molecule has 0 spiro atoms. The number of hydrogen-bond donors (Lipinski definition) is 1. The van der Waals surface area contributed by atoms with E-state index in [4.69, 9.17) is 17.3 Å². The number of halogens is 1. The number of rotatable bonds is 2. The summed E-state index contributed by atoms with van der Waals surface area (Å²) < 4.78 is 0. The predicted molar refractivity (Wildman–Crippen MR) is 64.1 cm³/mol. The molecular formula is C11H17ClN4. The number of hydrogen-bond acceptors (Lipinski definition) is 4. The largest absolute Gasteiger partial charge is 0.327 e. The van der Waals surface area contributed by atoms with Crippen LogP contribution in [0.2, 0.25) is 5.15 Å². The van der Waals surface area contributed by atoms with Crippen molar-refractivity contribution in [3.05, 3.63) is 23.2 Å². The van der Waals surface area contributed by atoms with E-state index in [1.807, 2.05) is 0 Å². The molecule has 1 aromatic rings. The van der Waals surface area contributed by atoms with Crippen LogP contribution in [-0.2, 0) is 6.54 Å². The van der Waals surface area contributed by atoms with Crippen LogP contribution in [0.5, 0.6) is 0 Å². The van der Waals surface area contributed by atoms with E-state index in [1.54, 1.807) is 12.4 Å². The van der Waals surface area contributed by atoms with E-state index < -0.39 is 0 Å². The van der Waals surface area contributed by atoms with Gasteiger partial charge in [-0.15, -0.1) is 0 Å². The van der Waals surface area contributed by atoms with Gasteiger partial charge >= 0.3 is 0 Å². The Hall–Kier alpha value is -0.710. The first-order valence-corrected chi connectivity index (χ1v) is 5.97. The summed E-state index contributed by atoms with van der Waals surface area (Å²) in [6.45, 7) is 5.10. The number of nitrogens with two attached hydrogens (primary N) is 1. The van der Waals surface area contributed by atoms with Gasteiger partial charge in [-0.3, -0.25) is 9.88 Å². The van der Waals surface area contributed by atoms with E-state index in [-0.39, 0.29) is 0 Å². The lowest BCUT2D eigenvalue weighted by molar-refractivity contribution is 0.156. The molecule has 2 heterocycles. The van der Waals surface area contributed by atoms with Crippen molar-refractivity contribution in [1.82, 2.24) is 14.9 Å². The fraction of sp³-hybridized carbons (Fsp3) is 0.636. The predicted octanol–water partition coefficient (Wildman–Crippen LogP) is 1.30. The van der Waals surface area contributed by atoms with Crippen molar-refractivity contribution >= 4 is 11.6 Å². The third kappa shape index (κ3) is 2.90. The van der Waals surface area contributed by atoms with Gasteiger partial charge in [0.05, 0.1) is 18.1 Å². The van der Waals surface area contributed by atoms with Gasteiger partial charge in [0.25, 0.3) is 0 Å². The summed E-state index contributed by atoms with van der Waals surface area (Å²) in [5.74, 6) is 0.550. The third-order valence-electron chi connectivity index (χ3n) is 3.12. The molecule has 0 aromatic carbocycles. The molecule has 1 aliphatic rings. The van der Waals surface area contributed by atoms with Crippen LogP contribution in [-0.4, -0.2) is 34.0 Å². The van der Waals surface area contributed by atoms with Gasteiger partial charge in [0.2, 0.25) is 0 Å². The summed E-state index contributed by atoms with van der Waals surface area (Å²) in [5.41, 5.74) is 6.95. The van der Waals surface area contributed by atoms with Crippen LogP contribution in [0, 0.1) is 5.92 Å². The lowest BCUT2D eigenvalue weighted by atomic mass is 9.95. The minimum atomic E-state index is 0.340. The highest BCUT2D eigenvalue weighted by molar-refractivity contribution is 6.29. The number of aromatic nitrogens is 2. The average molecular weight is 241 g/mol. The van der Waals surface area contributed by atoms with Crippen LogP contribution >= 0.6 is 11.6 Å². The van der Waals surface area contributed by atoms with Gasteiger partial charge < -0.3 is 5.73 Å². The van der Waals surface area contributed by atoms with Crippen LogP contribution in [0.3, 0.4) is 0 Å². The third-order valence-corrected chi connectivity index (χ3v) is 3.31. The summed E-state index contributed by atoms with van der Waals surface area (Å²) in [4.78, 5) is 10.6. The van der Waals surface area contributed by atoms with E-state index in [1.165, 1.54) is 0 Å². The lowest BCUT2D eigenvalue weighted by Crippen LogP contribution is -2.45. The number of piperidine rings is 1. The Labute approximate surface area is 101 Å². The fourth-order valence-electron chi connectivity index (χ4n) is 2.04. The molecule has 2 unspecified atom stereocenters. The molecule has 0 bridgehead atoms. The van der Waals surface area contributed by atoms with Crippen molar-refractivity contribution in [2.45, 2.75) is 25.9 Å². The Morgan fingerprint density at radius 1 is 1.50 bits per heavy atom. The molecule has 0 saturated carbocycles. The second-order valence-electron chi connectivity index (χ2n) is 4.50. The minimum absolute atomic E-state index is 0.340. The summed E-state index contributed by atoms with van der Waals surface area (Å²) in [7, 11) is 0. The summed E-state index contributed by atoms with van der Waals surface area (Å²) in [6.07, 6.45) is 4.39. The maximum atomic E-state index is 5.98. The van der Waals surface area contributed by atoms with Crippen molar-refractivity contribution in [3.8, 4) is 0 Å². The molecule has 0 radical (unpaired) electrons. The highest BCUT2D eigenvalue weighted by Gasteiger charge is 2.23. The Morgan fingerprint density at radius 2 is 2.31 bits per heavy atom. The Bertz CT molecular complexity index is 340. The molecule has 5 heteroatoms. The number of nitrogens with zero attached hydrogens (tertiary/aromatic N) is 3. The van der Waals surface area contributed by atoms with Gasteiger partial charge in [-0.1, -0.05) is 18.5 Å². The van der Waals surface area contributed by atoms with E-state index in [0.29, 0.717) is 17.1 Å². The molecular weight excluding hydrogens is 224 g/mol. The van der Waals surface area contributed by atoms with E-state index in [0.717, 1.165) is 31.7 Å². The van der Waals surface area contributed by atoms with Gasteiger partial charge in [0, 0.05) is 25.7 Å². The van der Waals surface area contributed by atoms with Crippen LogP contribution in [0.25, 0.3) is 0 Å². The molecule has 1 aromatic heterocycles. The molecule has 1 fully saturated rings.